The molecule has 86 valence electrons. The lowest BCUT2D eigenvalue weighted by Crippen LogP contribution is -2.19. The van der Waals surface area contributed by atoms with Gasteiger partial charge in [-0.15, -0.1) is 0 Å². The van der Waals surface area contributed by atoms with Crippen molar-refractivity contribution in [2.24, 2.45) is 5.92 Å². The number of nitrogens with one attached hydrogen (secondary N) is 1. The molecule has 2 N–H and O–H groups in total. The average Bonchev–Trinajstić information content (AvgIpc) is 3.05. The number of aromatic carboxylic acids is 1. The van der Waals surface area contributed by atoms with Crippen LogP contribution in [-0.4, -0.2) is 17.1 Å². The molecule has 2 rings (SSSR count). The fraction of sp³-hybridized carbons (Fsp3) is 0.462. The molecular weight excluding hydrogens is 202 g/mol. The maximum absolute atomic E-state index is 11.0. The lowest BCUT2D eigenvalue weighted by molar-refractivity contribution is 0.0695. The molecule has 0 aliphatic heterocycles. The molecule has 1 aromatic carbocycles. The van der Waals surface area contributed by atoms with Crippen LogP contribution >= 0.6 is 0 Å². The molecular formula is C13H17NO2. The number of hydrogen-bond donors (Lipinski definition) is 2. The summed E-state index contributed by atoms with van der Waals surface area (Å²) in [4.78, 5) is 11.0. The lowest BCUT2D eigenvalue weighted by Gasteiger charge is -2.07. The third-order valence-corrected chi connectivity index (χ3v) is 3.25. The van der Waals surface area contributed by atoms with Gasteiger partial charge in [-0.2, -0.15) is 0 Å². The molecule has 16 heavy (non-hydrogen) atoms. The zero-order chi connectivity index (χ0) is 11.5. The van der Waals surface area contributed by atoms with Crippen molar-refractivity contribution in [2.75, 3.05) is 0 Å². The number of carboxylic acid groups (broad SMARTS) is 1. The average molecular weight is 219 g/mol. The Morgan fingerprint density at radius 3 is 2.88 bits per heavy atom. The molecule has 2 atom stereocenters. The highest BCUT2D eigenvalue weighted by Gasteiger charge is 2.34. The molecule has 3 nitrogen and oxygen atoms in total. The highest BCUT2D eigenvalue weighted by atomic mass is 16.4. The molecule has 1 aliphatic carbocycles. The first-order chi connectivity index (χ1) is 7.72. The van der Waals surface area contributed by atoms with Crippen molar-refractivity contribution >= 4 is 5.97 Å². The zero-order valence-electron chi connectivity index (χ0n) is 9.44. The van der Waals surface area contributed by atoms with E-state index in [1.165, 1.54) is 12.8 Å². The van der Waals surface area contributed by atoms with Gasteiger partial charge in [-0.3, -0.25) is 0 Å². The minimum atomic E-state index is -0.847. The predicted molar refractivity (Wildman–Crippen MR) is 62.4 cm³/mol. The second kappa shape index (κ2) is 4.66. The number of benzene rings is 1. The van der Waals surface area contributed by atoms with E-state index in [1.54, 1.807) is 12.1 Å². The predicted octanol–water partition coefficient (Wildman–Crippen LogP) is 2.27. The summed E-state index contributed by atoms with van der Waals surface area (Å²) < 4.78 is 0. The van der Waals surface area contributed by atoms with E-state index in [0.29, 0.717) is 18.2 Å². The molecule has 0 saturated heterocycles. The summed E-state index contributed by atoms with van der Waals surface area (Å²) in [6.45, 7) is 2.85. The van der Waals surface area contributed by atoms with Gasteiger partial charge in [-0.1, -0.05) is 31.5 Å². The van der Waals surface area contributed by atoms with Crippen LogP contribution in [0.25, 0.3) is 0 Å². The molecule has 0 spiro atoms. The molecule has 0 bridgehead atoms. The highest BCUT2D eigenvalue weighted by molar-refractivity contribution is 5.89. The van der Waals surface area contributed by atoms with Gasteiger partial charge < -0.3 is 10.4 Å². The van der Waals surface area contributed by atoms with E-state index in [2.05, 4.69) is 12.2 Å². The Hall–Kier alpha value is -1.35. The van der Waals surface area contributed by atoms with Crippen LogP contribution in [-0.2, 0) is 6.54 Å². The molecule has 1 saturated carbocycles. The van der Waals surface area contributed by atoms with Gasteiger partial charge >= 0.3 is 5.97 Å². The number of carboxylic acids is 1. The Balaban J connectivity index is 1.96. The molecule has 1 aromatic rings. The van der Waals surface area contributed by atoms with Crippen molar-refractivity contribution in [1.82, 2.24) is 5.32 Å². The second-order valence-electron chi connectivity index (χ2n) is 4.35. The normalized spacial score (nSPS) is 23.1. The number of hydrogen-bond acceptors (Lipinski definition) is 2. The van der Waals surface area contributed by atoms with Crippen LogP contribution in [0.3, 0.4) is 0 Å². The Morgan fingerprint density at radius 1 is 1.50 bits per heavy atom. The van der Waals surface area contributed by atoms with Gasteiger partial charge in [0, 0.05) is 12.6 Å². The van der Waals surface area contributed by atoms with Gasteiger partial charge in [0.25, 0.3) is 0 Å². The van der Waals surface area contributed by atoms with Gasteiger partial charge in [0.1, 0.15) is 0 Å². The minimum absolute atomic E-state index is 0.406. The topological polar surface area (TPSA) is 49.3 Å². The van der Waals surface area contributed by atoms with E-state index in [0.717, 1.165) is 11.5 Å². The van der Waals surface area contributed by atoms with Crippen molar-refractivity contribution in [1.29, 1.82) is 0 Å². The minimum Gasteiger partial charge on any atom is -0.478 e. The highest BCUT2D eigenvalue weighted by Crippen LogP contribution is 2.33. The smallest absolute Gasteiger partial charge is 0.336 e. The van der Waals surface area contributed by atoms with Crippen molar-refractivity contribution in [2.45, 2.75) is 32.4 Å². The largest absolute Gasteiger partial charge is 0.478 e. The van der Waals surface area contributed by atoms with Crippen molar-refractivity contribution < 1.29 is 9.90 Å². The maximum atomic E-state index is 11.0. The Labute approximate surface area is 95.5 Å². The summed E-state index contributed by atoms with van der Waals surface area (Å²) in [7, 11) is 0. The zero-order valence-corrected chi connectivity index (χ0v) is 9.44. The summed E-state index contributed by atoms with van der Waals surface area (Å²) in [5.41, 5.74) is 1.28. The fourth-order valence-electron chi connectivity index (χ4n) is 2.07. The van der Waals surface area contributed by atoms with Crippen molar-refractivity contribution in [3.05, 3.63) is 35.4 Å². The molecule has 3 heteroatoms. The molecule has 0 heterocycles. The maximum Gasteiger partial charge on any atom is 0.336 e. The summed E-state index contributed by atoms with van der Waals surface area (Å²) in [5.74, 6) is -0.0581. The van der Waals surface area contributed by atoms with Gasteiger partial charge in [-0.05, 0) is 24.0 Å². The van der Waals surface area contributed by atoms with Gasteiger partial charge in [0.05, 0.1) is 5.56 Å². The second-order valence-corrected chi connectivity index (χ2v) is 4.35. The van der Waals surface area contributed by atoms with Gasteiger partial charge in [0.2, 0.25) is 0 Å². The molecule has 1 aliphatic rings. The van der Waals surface area contributed by atoms with Crippen molar-refractivity contribution in [3.63, 3.8) is 0 Å². The van der Waals surface area contributed by atoms with Crippen LogP contribution in [0.15, 0.2) is 24.3 Å². The van der Waals surface area contributed by atoms with Crippen LogP contribution in [0.2, 0.25) is 0 Å². The van der Waals surface area contributed by atoms with E-state index in [9.17, 15) is 4.79 Å². The van der Waals surface area contributed by atoms with Gasteiger partial charge in [0.15, 0.2) is 0 Å². The molecule has 0 radical (unpaired) electrons. The van der Waals surface area contributed by atoms with Crippen LogP contribution in [0.5, 0.6) is 0 Å². The first kappa shape index (κ1) is 11.1. The summed E-state index contributed by atoms with van der Waals surface area (Å²) in [5, 5.41) is 12.4. The quantitative estimate of drug-likeness (QED) is 0.798. The Bertz CT molecular complexity index is 389. The third kappa shape index (κ3) is 2.42. The molecule has 2 unspecified atom stereocenters. The fourth-order valence-corrected chi connectivity index (χ4v) is 2.07. The Kier molecular flexibility index (Phi) is 3.25. The lowest BCUT2D eigenvalue weighted by atomic mass is 10.1. The standard InChI is InChI=1S/C13H17NO2/c1-2-9-7-12(9)14-8-10-5-3-4-6-11(10)13(15)16/h3-6,9,12,14H,2,7-8H2,1H3,(H,15,16). The number of rotatable bonds is 5. The SMILES string of the molecule is CCC1CC1NCc1ccccc1C(=O)O. The third-order valence-electron chi connectivity index (χ3n) is 3.25. The van der Waals surface area contributed by atoms with Crippen LogP contribution in [0, 0.1) is 5.92 Å². The Morgan fingerprint density at radius 2 is 2.25 bits per heavy atom. The first-order valence-electron chi connectivity index (χ1n) is 5.77. The van der Waals surface area contributed by atoms with E-state index in [1.807, 2.05) is 12.1 Å². The molecule has 0 aromatic heterocycles. The van der Waals surface area contributed by atoms with Crippen LogP contribution in [0.4, 0.5) is 0 Å². The summed E-state index contributed by atoms with van der Waals surface area (Å²) in [6.07, 6.45) is 2.43. The van der Waals surface area contributed by atoms with E-state index < -0.39 is 5.97 Å². The number of carbonyl (C=O) groups is 1. The van der Waals surface area contributed by atoms with Crippen molar-refractivity contribution in [3.8, 4) is 0 Å². The first-order valence-corrected chi connectivity index (χ1v) is 5.77. The van der Waals surface area contributed by atoms with Crippen LogP contribution in [0.1, 0.15) is 35.7 Å². The van der Waals surface area contributed by atoms with E-state index in [-0.39, 0.29) is 0 Å². The van der Waals surface area contributed by atoms with E-state index >= 15 is 0 Å². The molecule has 0 amide bonds. The monoisotopic (exact) mass is 219 g/mol. The molecule has 1 fully saturated rings. The summed E-state index contributed by atoms with van der Waals surface area (Å²) in [6, 6.07) is 7.77. The van der Waals surface area contributed by atoms with Crippen LogP contribution < -0.4 is 5.32 Å². The summed E-state index contributed by atoms with van der Waals surface area (Å²) >= 11 is 0. The van der Waals surface area contributed by atoms with Gasteiger partial charge in [-0.25, -0.2) is 4.79 Å². The van der Waals surface area contributed by atoms with E-state index in [4.69, 9.17) is 5.11 Å².